The SMILES string of the molecule is CC1(C(=O)NCC2CCCO2)CCC(=O)N1Cc1cccs1. The summed E-state index contributed by atoms with van der Waals surface area (Å²) in [7, 11) is 0. The molecule has 3 rings (SSSR count). The van der Waals surface area contributed by atoms with Gasteiger partial charge in [-0.15, -0.1) is 11.3 Å². The first-order valence-corrected chi connectivity index (χ1v) is 8.70. The summed E-state index contributed by atoms with van der Waals surface area (Å²) in [5, 5.41) is 4.97. The highest BCUT2D eigenvalue weighted by atomic mass is 32.1. The fourth-order valence-electron chi connectivity index (χ4n) is 3.15. The number of thiophene rings is 1. The van der Waals surface area contributed by atoms with Crippen molar-refractivity contribution in [3.05, 3.63) is 22.4 Å². The Balaban J connectivity index is 1.65. The van der Waals surface area contributed by atoms with Crippen molar-refractivity contribution < 1.29 is 14.3 Å². The van der Waals surface area contributed by atoms with Gasteiger partial charge in [0.05, 0.1) is 12.6 Å². The predicted molar refractivity (Wildman–Crippen MR) is 84.5 cm³/mol. The second kappa shape index (κ2) is 6.38. The van der Waals surface area contributed by atoms with Crippen molar-refractivity contribution in [1.29, 1.82) is 0 Å². The maximum Gasteiger partial charge on any atom is 0.245 e. The zero-order valence-electron chi connectivity index (χ0n) is 12.8. The van der Waals surface area contributed by atoms with E-state index in [2.05, 4.69) is 5.32 Å². The number of nitrogens with one attached hydrogen (secondary N) is 1. The highest BCUT2D eigenvalue weighted by Crippen LogP contribution is 2.32. The van der Waals surface area contributed by atoms with Crippen LogP contribution in [0, 0.1) is 0 Å². The van der Waals surface area contributed by atoms with Crippen LogP contribution >= 0.6 is 11.3 Å². The van der Waals surface area contributed by atoms with Crippen molar-refractivity contribution in [2.75, 3.05) is 13.2 Å². The Morgan fingerprint density at radius 2 is 2.45 bits per heavy atom. The van der Waals surface area contributed by atoms with Crippen LogP contribution in [0.2, 0.25) is 0 Å². The minimum absolute atomic E-state index is 0.0585. The van der Waals surface area contributed by atoms with Crippen LogP contribution < -0.4 is 5.32 Å². The van der Waals surface area contributed by atoms with E-state index >= 15 is 0 Å². The summed E-state index contributed by atoms with van der Waals surface area (Å²) in [5.41, 5.74) is -0.750. The average molecular weight is 322 g/mol. The molecule has 0 radical (unpaired) electrons. The third-order valence-electron chi connectivity index (χ3n) is 4.62. The van der Waals surface area contributed by atoms with E-state index in [0.29, 0.717) is 25.9 Å². The van der Waals surface area contributed by atoms with Gasteiger partial charge in [-0.1, -0.05) is 6.07 Å². The molecule has 1 N–H and O–H groups in total. The molecule has 0 bridgehead atoms. The number of amides is 2. The second-order valence-corrected chi connectivity index (χ2v) is 7.21. The topological polar surface area (TPSA) is 58.6 Å². The maximum atomic E-state index is 12.7. The molecular formula is C16H22N2O3S. The molecule has 120 valence electrons. The van der Waals surface area contributed by atoms with Crippen molar-refractivity contribution >= 4 is 23.2 Å². The average Bonchev–Trinajstić information content (AvgIpc) is 3.24. The van der Waals surface area contributed by atoms with E-state index in [0.717, 1.165) is 24.3 Å². The summed E-state index contributed by atoms with van der Waals surface area (Å²) >= 11 is 1.61. The first-order valence-electron chi connectivity index (χ1n) is 7.82. The molecule has 0 saturated carbocycles. The lowest BCUT2D eigenvalue weighted by atomic mass is 9.97. The number of rotatable bonds is 5. The highest BCUT2D eigenvalue weighted by molar-refractivity contribution is 7.09. The van der Waals surface area contributed by atoms with Crippen molar-refractivity contribution in [1.82, 2.24) is 10.2 Å². The van der Waals surface area contributed by atoms with Crippen molar-refractivity contribution in [3.8, 4) is 0 Å². The lowest BCUT2D eigenvalue weighted by molar-refractivity contribution is -0.141. The predicted octanol–water partition coefficient (Wildman–Crippen LogP) is 1.92. The van der Waals surface area contributed by atoms with Crippen LogP contribution in [0.15, 0.2) is 17.5 Å². The first-order chi connectivity index (χ1) is 10.6. The van der Waals surface area contributed by atoms with Gasteiger partial charge in [-0.25, -0.2) is 0 Å². The van der Waals surface area contributed by atoms with Gasteiger partial charge in [-0.3, -0.25) is 9.59 Å². The van der Waals surface area contributed by atoms with E-state index in [1.807, 2.05) is 24.4 Å². The smallest absolute Gasteiger partial charge is 0.245 e. The third kappa shape index (κ3) is 3.03. The van der Waals surface area contributed by atoms with Crippen molar-refractivity contribution in [2.45, 2.75) is 50.8 Å². The monoisotopic (exact) mass is 322 g/mol. The van der Waals surface area contributed by atoms with Crippen LogP contribution in [0.4, 0.5) is 0 Å². The van der Waals surface area contributed by atoms with Gasteiger partial charge in [-0.05, 0) is 37.6 Å². The van der Waals surface area contributed by atoms with Gasteiger partial charge in [0.1, 0.15) is 5.54 Å². The van der Waals surface area contributed by atoms with Gasteiger partial charge >= 0.3 is 0 Å². The molecule has 3 heterocycles. The minimum Gasteiger partial charge on any atom is -0.376 e. The van der Waals surface area contributed by atoms with E-state index in [1.165, 1.54) is 0 Å². The molecular weight excluding hydrogens is 300 g/mol. The van der Waals surface area contributed by atoms with Crippen LogP contribution in [-0.2, 0) is 20.9 Å². The van der Waals surface area contributed by atoms with Crippen LogP contribution in [-0.4, -0.2) is 41.5 Å². The summed E-state index contributed by atoms with van der Waals surface area (Å²) in [5.74, 6) is -0.00595. The Bertz CT molecular complexity index is 540. The van der Waals surface area contributed by atoms with Gasteiger partial charge in [0.25, 0.3) is 0 Å². The number of hydrogen-bond donors (Lipinski definition) is 1. The molecule has 2 amide bonds. The number of carbonyl (C=O) groups excluding carboxylic acids is 2. The Hall–Kier alpha value is -1.40. The van der Waals surface area contributed by atoms with Gasteiger partial charge in [-0.2, -0.15) is 0 Å². The lowest BCUT2D eigenvalue weighted by Crippen LogP contribution is -2.55. The van der Waals surface area contributed by atoms with E-state index in [-0.39, 0.29) is 17.9 Å². The number of likely N-dealkylation sites (tertiary alicyclic amines) is 1. The molecule has 2 fully saturated rings. The number of carbonyl (C=O) groups is 2. The molecule has 22 heavy (non-hydrogen) atoms. The summed E-state index contributed by atoms with van der Waals surface area (Å²) in [6.45, 7) is 3.70. The Kier molecular flexibility index (Phi) is 4.49. The Morgan fingerprint density at radius 3 is 3.14 bits per heavy atom. The summed E-state index contributed by atoms with van der Waals surface area (Å²) < 4.78 is 5.54. The van der Waals surface area contributed by atoms with Gasteiger partial charge < -0.3 is 15.0 Å². The van der Waals surface area contributed by atoms with Crippen molar-refractivity contribution in [2.24, 2.45) is 0 Å². The van der Waals surface area contributed by atoms with E-state index in [4.69, 9.17) is 4.74 Å². The molecule has 2 saturated heterocycles. The minimum atomic E-state index is -0.750. The maximum absolute atomic E-state index is 12.7. The van der Waals surface area contributed by atoms with Crippen LogP contribution in [0.5, 0.6) is 0 Å². The molecule has 1 aromatic rings. The Labute approximate surface area is 134 Å². The highest BCUT2D eigenvalue weighted by Gasteiger charge is 2.47. The quantitative estimate of drug-likeness (QED) is 0.901. The molecule has 2 aliphatic rings. The molecule has 2 atom stereocenters. The first kappa shape index (κ1) is 15.5. The lowest BCUT2D eigenvalue weighted by Gasteiger charge is -2.34. The molecule has 1 aromatic heterocycles. The van der Waals surface area contributed by atoms with E-state index in [9.17, 15) is 9.59 Å². The fourth-order valence-corrected chi connectivity index (χ4v) is 3.85. The van der Waals surface area contributed by atoms with Crippen molar-refractivity contribution in [3.63, 3.8) is 0 Å². The summed E-state index contributed by atoms with van der Waals surface area (Å²) in [6.07, 6.45) is 3.19. The Morgan fingerprint density at radius 1 is 1.59 bits per heavy atom. The second-order valence-electron chi connectivity index (χ2n) is 6.18. The largest absolute Gasteiger partial charge is 0.376 e. The third-order valence-corrected chi connectivity index (χ3v) is 5.48. The van der Waals surface area contributed by atoms with Gasteiger partial charge in [0.2, 0.25) is 11.8 Å². The molecule has 5 nitrogen and oxygen atoms in total. The molecule has 0 aliphatic carbocycles. The number of ether oxygens (including phenoxy) is 1. The molecule has 0 spiro atoms. The normalized spacial score (nSPS) is 28.3. The molecule has 2 aliphatic heterocycles. The zero-order valence-corrected chi connectivity index (χ0v) is 13.7. The summed E-state index contributed by atoms with van der Waals surface area (Å²) in [6, 6.07) is 3.97. The summed E-state index contributed by atoms with van der Waals surface area (Å²) in [4.78, 5) is 27.7. The van der Waals surface area contributed by atoms with Gasteiger partial charge in [0, 0.05) is 24.4 Å². The van der Waals surface area contributed by atoms with E-state index < -0.39 is 5.54 Å². The number of hydrogen-bond acceptors (Lipinski definition) is 4. The zero-order chi connectivity index (χ0) is 15.6. The fraction of sp³-hybridized carbons (Fsp3) is 0.625. The molecule has 2 unspecified atom stereocenters. The number of nitrogens with zero attached hydrogens (tertiary/aromatic N) is 1. The van der Waals surface area contributed by atoms with E-state index in [1.54, 1.807) is 16.2 Å². The van der Waals surface area contributed by atoms with Crippen LogP contribution in [0.1, 0.15) is 37.5 Å². The standard InChI is InChI=1S/C16H22N2O3S/c1-16(15(20)17-10-12-4-2-8-21-12)7-6-14(19)18(16)11-13-5-3-9-22-13/h3,5,9,12H,2,4,6-8,10-11H2,1H3,(H,17,20). The molecule has 0 aromatic carbocycles. The van der Waals surface area contributed by atoms with Gasteiger partial charge in [0.15, 0.2) is 0 Å². The van der Waals surface area contributed by atoms with Crippen LogP contribution in [0.25, 0.3) is 0 Å². The molecule has 6 heteroatoms. The van der Waals surface area contributed by atoms with Crippen LogP contribution in [0.3, 0.4) is 0 Å².